The van der Waals surface area contributed by atoms with E-state index in [9.17, 15) is 18.0 Å². The minimum atomic E-state index is -3.17. The average molecular weight is 360 g/mol. The summed E-state index contributed by atoms with van der Waals surface area (Å²) in [6.07, 6.45) is -0.785. The van der Waals surface area contributed by atoms with Crippen LogP contribution < -0.4 is 5.32 Å². The van der Waals surface area contributed by atoms with Crippen molar-refractivity contribution in [2.75, 3.05) is 16.8 Å². The number of hydrogen-bond acceptors (Lipinski definition) is 5. The van der Waals surface area contributed by atoms with Crippen molar-refractivity contribution in [1.29, 1.82) is 0 Å². The van der Waals surface area contributed by atoms with Gasteiger partial charge in [0.1, 0.15) is 0 Å². The monoisotopic (exact) mass is 359 g/mol. The molecule has 0 radical (unpaired) electrons. The van der Waals surface area contributed by atoms with Gasteiger partial charge in [0, 0.05) is 10.7 Å². The summed E-state index contributed by atoms with van der Waals surface area (Å²) < 4.78 is 27.8. The highest BCUT2D eigenvalue weighted by Crippen LogP contribution is 2.22. The summed E-state index contributed by atoms with van der Waals surface area (Å²) in [6.45, 7) is 3.25. The van der Waals surface area contributed by atoms with Gasteiger partial charge in [-0.3, -0.25) is 9.59 Å². The van der Waals surface area contributed by atoms with Crippen molar-refractivity contribution in [2.24, 2.45) is 5.92 Å². The van der Waals surface area contributed by atoms with Gasteiger partial charge < -0.3 is 10.1 Å². The van der Waals surface area contributed by atoms with Gasteiger partial charge in [0.15, 0.2) is 15.9 Å². The molecule has 6 nitrogen and oxygen atoms in total. The summed E-state index contributed by atoms with van der Waals surface area (Å²) >= 11 is 5.88. The Labute approximate surface area is 140 Å². The molecule has 1 aromatic rings. The Balaban J connectivity index is 1.95. The van der Waals surface area contributed by atoms with E-state index in [-0.39, 0.29) is 17.9 Å². The Kier molecular flexibility index (Phi) is 5.31. The molecule has 0 aromatic heterocycles. The average Bonchev–Trinajstić information content (AvgIpc) is 2.83. The van der Waals surface area contributed by atoms with E-state index in [0.29, 0.717) is 10.7 Å². The summed E-state index contributed by atoms with van der Waals surface area (Å²) in [5.41, 5.74) is 1.36. The molecule has 0 saturated carbocycles. The first-order chi connectivity index (χ1) is 10.7. The van der Waals surface area contributed by atoms with Crippen LogP contribution in [0.15, 0.2) is 18.2 Å². The van der Waals surface area contributed by atoms with Gasteiger partial charge >= 0.3 is 5.97 Å². The predicted molar refractivity (Wildman–Crippen MR) is 87.1 cm³/mol. The van der Waals surface area contributed by atoms with Gasteiger partial charge in [-0.05, 0) is 38.0 Å². The largest absolute Gasteiger partial charge is 0.452 e. The van der Waals surface area contributed by atoms with Gasteiger partial charge in [0.25, 0.3) is 5.91 Å². The normalized spacial score (nSPS) is 20.7. The molecule has 1 fully saturated rings. The molecule has 1 aliphatic rings. The first kappa shape index (κ1) is 17.7. The second-order valence-corrected chi connectivity index (χ2v) is 8.29. The highest BCUT2D eigenvalue weighted by atomic mass is 35.5. The number of benzene rings is 1. The maximum absolute atomic E-state index is 12.1. The van der Waals surface area contributed by atoms with Crippen LogP contribution in [-0.4, -0.2) is 37.9 Å². The number of amides is 1. The summed E-state index contributed by atoms with van der Waals surface area (Å²) in [4.78, 5) is 24.0. The van der Waals surface area contributed by atoms with Crippen molar-refractivity contribution in [1.82, 2.24) is 0 Å². The SMILES string of the molecule is Cc1ccc(Cl)cc1NC(=O)[C@H](C)OC(=O)[C@H]1CCS(=O)(=O)C1. The maximum atomic E-state index is 12.1. The van der Waals surface area contributed by atoms with E-state index in [4.69, 9.17) is 16.3 Å². The van der Waals surface area contributed by atoms with Crippen molar-refractivity contribution in [2.45, 2.75) is 26.4 Å². The van der Waals surface area contributed by atoms with Gasteiger partial charge in [-0.25, -0.2) is 8.42 Å². The lowest BCUT2D eigenvalue weighted by atomic mass is 10.1. The number of esters is 1. The zero-order valence-corrected chi connectivity index (χ0v) is 14.4. The quantitative estimate of drug-likeness (QED) is 0.830. The van der Waals surface area contributed by atoms with Crippen LogP contribution in [0.4, 0.5) is 5.69 Å². The number of rotatable bonds is 4. The van der Waals surface area contributed by atoms with Crippen LogP contribution in [0.2, 0.25) is 5.02 Å². The van der Waals surface area contributed by atoms with Gasteiger partial charge in [0.05, 0.1) is 17.4 Å². The third-order valence-electron chi connectivity index (χ3n) is 3.69. The summed E-state index contributed by atoms with van der Waals surface area (Å²) in [6, 6.07) is 5.07. The van der Waals surface area contributed by atoms with Crippen LogP contribution in [0, 0.1) is 12.8 Å². The Morgan fingerprint density at radius 1 is 1.39 bits per heavy atom. The minimum absolute atomic E-state index is 0.0188. The molecule has 0 bridgehead atoms. The number of nitrogens with one attached hydrogen (secondary N) is 1. The van der Waals surface area contributed by atoms with Gasteiger partial charge in [-0.1, -0.05) is 17.7 Å². The van der Waals surface area contributed by atoms with Crippen LogP contribution >= 0.6 is 11.6 Å². The Bertz CT molecular complexity index is 731. The van der Waals surface area contributed by atoms with Crippen molar-refractivity contribution in [3.63, 3.8) is 0 Å². The number of halogens is 1. The molecule has 1 aliphatic heterocycles. The van der Waals surface area contributed by atoms with E-state index in [2.05, 4.69) is 5.32 Å². The first-order valence-corrected chi connectivity index (χ1v) is 9.36. The first-order valence-electron chi connectivity index (χ1n) is 7.16. The van der Waals surface area contributed by atoms with Crippen molar-refractivity contribution < 1.29 is 22.7 Å². The van der Waals surface area contributed by atoms with Gasteiger partial charge in [-0.15, -0.1) is 0 Å². The molecule has 0 spiro atoms. The van der Waals surface area contributed by atoms with E-state index in [0.717, 1.165) is 5.56 Å². The van der Waals surface area contributed by atoms with Crippen molar-refractivity contribution in [3.05, 3.63) is 28.8 Å². The molecule has 1 heterocycles. The zero-order chi connectivity index (χ0) is 17.2. The highest BCUT2D eigenvalue weighted by molar-refractivity contribution is 7.91. The fourth-order valence-electron chi connectivity index (χ4n) is 2.27. The lowest BCUT2D eigenvalue weighted by Gasteiger charge is -2.16. The molecular formula is C15H18ClNO5S. The lowest BCUT2D eigenvalue weighted by molar-refractivity contribution is -0.156. The number of sulfone groups is 1. The molecule has 1 aromatic carbocycles. The predicted octanol–water partition coefficient (Wildman–Crippen LogP) is 1.95. The van der Waals surface area contributed by atoms with Crippen molar-refractivity contribution in [3.8, 4) is 0 Å². The van der Waals surface area contributed by atoms with E-state index >= 15 is 0 Å². The van der Waals surface area contributed by atoms with Gasteiger partial charge in [0.2, 0.25) is 0 Å². The van der Waals surface area contributed by atoms with Gasteiger partial charge in [-0.2, -0.15) is 0 Å². The Hall–Kier alpha value is -1.60. The van der Waals surface area contributed by atoms with Crippen LogP contribution in [0.3, 0.4) is 0 Å². The zero-order valence-electron chi connectivity index (χ0n) is 12.8. The Morgan fingerprint density at radius 2 is 2.09 bits per heavy atom. The van der Waals surface area contributed by atoms with E-state index in [1.54, 1.807) is 18.2 Å². The summed E-state index contributed by atoms with van der Waals surface area (Å²) in [5.74, 6) is -2.08. The highest BCUT2D eigenvalue weighted by Gasteiger charge is 2.35. The second kappa shape index (κ2) is 6.88. The second-order valence-electron chi connectivity index (χ2n) is 5.63. The van der Waals surface area contributed by atoms with E-state index in [1.807, 2.05) is 6.92 Å². The number of ether oxygens (including phenoxy) is 1. The van der Waals surface area contributed by atoms with Crippen LogP contribution in [0.5, 0.6) is 0 Å². The Morgan fingerprint density at radius 3 is 2.70 bits per heavy atom. The molecular weight excluding hydrogens is 342 g/mol. The van der Waals surface area contributed by atoms with Crippen LogP contribution in [-0.2, 0) is 24.2 Å². The summed E-state index contributed by atoms with van der Waals surface area (Å²) in [5, 5.41) is 3.12. The smallest absolute Gasteiger partial charge is 0.310 e. The summed E-state index contributed by atoms with van der Waals surface area (Å²) in [7, 11) is -3.17. The molecule has 0 unspecified atom stereocenters. The standard InChI is InChI=1S/C15H18ClNO5S/c1-9-3-4-12(16)7-13(9)17-14(18)10(2)22-15(19)11-5-6-23(20,21)8-11/h3-4,7,10-11H,5-6,8H2,1-2H3,(H,17,18)/t10-,11-/m0/s1. The molecule has 1 N–H and O–H groups in total. The third-order valence-corrected chi connectivity index (χ3v) is 5.69. The number of hydrogen-bond donors (Lipinski definition) is 1. The lowest BCUT2D eigenvalue weighted by Crippen LogP contribution is -2.32. The number of carbonyl (C=O) groups is 2. The van der Waals surface area contributed by atoms with E-state index in [1.165, 1.54) is 6.92 Å². The van der Waals surface area contributed by atoms with E-state index < -0.39 is 33.7 Å². The van der Waals surface area contributed by atoms with Crippen LogP contribution in [0.1, 0.15) is 18.9 Å². The molecule has 126 valence electrons. The number of carbonyl (C=O) groups excluding carboxylic acids is 2. The topological polar surface area (TPSA) is 89.5 Å². The third kappa shape index (κ3) is 4.68. The number of anilines is 1. The molecule has 23 heavy (non-hydrogen) atoms. The van der Waals surface area contributed by atoms with Crippen LogP contribution in [0.25, 0.3) is 0 Å². The fourth-order valence-corrected chi connectivity index (χ4v) is 4.17. The minimum Gasteiger partial charge on any atom is -0.452 e. The fraction of sp³-hybridized carbons (Fsp3) is 0.467. The molecule has 1 saturated heterocycles. The number of aryl methyl sites for hydroxylation is 1. The maximum Gasteiger partial charge on any atom is 0.310 e. The molecule has 2 rings (SSSR count). The molecule has 0 aliphatic carbocycles. The molecule has 8 heteroatoms. The molecule has 1 amide bonds. The van der Waals surface area contributed by atoms with Crippen molar-refractivity contribution >= 4 is 39.0 Å². The molecule has 2 atom stereocenters.